The van der Waals surface area contributed by atoms with Crippen molar-refractivity contribution in [2.24, 2.45) is 0 Å². The quantitative estimate of drug-likeness (QED) is 0.739. The van der Waals surface area contributed by atoms with Crippen LogP contribution in [0, 0.1) is 11.3 Å². The lowest BCUT2D eigenvalue weighted by Crippen LogP contribution is -2.05. The Labute approximate surface area is 139 Å². The normalized spacial score (nSPS) is 11.5. The van der Waals surface area contributed by atoms with E-state index in [0.717, 1.165) is 26.3 Å². The van der Waals surface area contributed by atoms with E-state index < -0.39 is 11.9 Å². The summed E-state index contributed by atoms with van der Waals surface area (Å²) in [5, 5.41) is 12.9. The van der Waals surface area contributed by atoms with E-state index in [2.05, 4.69) is 16.2 Å². The highest BCUT2D eigenvalue weighted by atomic mass is 32.2. The molecule has 0 radical (unpaired) electrons. The van der Waals surface area contributed by atoms with Crippen molar-refractivity contribution in [3.05, 3.63) is 34.0 Å². The standard InChI is InChI=1S/C14H13F3N4S2/c1-3-22-13(23-4-2)9(8-18)10-5-6-21-12(19-10)7-11(20-21)14(15,16)17/h5-7H,3-4H2,1-2H3. The first-order chi connectivity index (χ1) is 10.9. The van der Waals surface area contributed by atoms with Crippen LogP contribution in [0.25, 0.3) is 11.2 Å². The number of aromatic nitrogens is 3. The average Bonchev–Trinajstić information content (AvgIpc) is 2.92. The monoisotopic (exact) mass is 358 g/mol. The van der Waals surface area contributed by atoms with Crippen LogP contribution in [0.1, 0.15) is 25.2 Å². The van der Waals surface area contributed by atoms with Crippen LogP contribution in [0.3, 0.4) is 0 Å². The van der Waals surface area contributed by atoms with Crippen molar-refractivity contribution in [3.63, 3.8) is 0 Å². The number of nitriles is 1. The molecule has 2 heterocycles. The average molecular weight is 358 g/mol. The number of hydrogen-bond donors (Lipinski definition) is 0. The van der Waals surface area contributed by atoms with Gasteiger partial charge in [-0.15, -0.1) is 23.5 Å². The summed E-state index contributed by atoms with van der Waals surface area (Å²) >= 11 is 3.04. The molecule has 0 aromatic carbocycles. The molecular weight excluding hydrogens is 345 g/mol. The van der Waals surface area contributed by atoms with Crippen LogP contribution in [0.4, 0.5) is 13.2 Å². The minimum absolute atomic E-state index is 0.0601. The van der Waals surface area contributed by atoms with Gasteiger partial charge in [0.15, 0.2) is 11.3 Å². The van der Waals surface area contributed by atoms with Crippen LogP contribution in [-0.4, -0.2) is 26.1 Å². The lowest BCUT2D eigenvalue weighted by atomic mass is 10.2. The van der Waals surface area contributed by atoms with Crippen LogP contribution in [0.2, 0.25) is 0 Å². The third kappa shape index (κ3) is 4.00. The number of allylic oxidation sites excluding steroid dienone is 1. The molecule has 0 aliphatic carbocycles. The van der Waals surface area contributed by atoms with Gasteiger partial charge in [-0.2, -0.15) is 23.5 Å². The molecule has 0 spiro atoms. The summed E-state index contributed by atoms with van der Waals surface area (Å²) in [6.07, 6.45) is -3.14. The topological polar surface area (TPSA) is 54.0 Å². The van der Waals surface area contributed by atoms with Gasteiger partial charge in [-0.05, 0) is 17.6 Å². The molecule has 9 heteroatoms. The summed E-state index contributed by atoms with van der Waals surface area (Å²) in [4.78, 5) is 4.16. The summed E-state index contributed by atoms with van der Waals surface area (Å²) in [7, 11) is 0. The summed E-state index contributed by atoms with van der Waals surface area (Å²) in [5.74, 6) is 1.58. The summed E-state index contributed by atoms with van der Waals surface area (Å²) in [6, 6.07) is 4.49. The first-order valence-electron chi connectivity index (χ1n) is 6.74. The zero-order valence-electron chi connectivity index (χ0n) is 12.4. The predicted octanol–water partition coefficient (Wildman–Crippen LogP) is 4.45. The number of thioether (sulfide) groups is 2. The fraction of sp³-hybridized carbons (Fsp3) is 0.357. The van der Waals surface area contributed by atoms with E-state index in [1.54, 1.807) is 0 Å². The zero-order valence-corrected chi connectivity index (χ0v) is 14.0. The Bertz CT molecular complexity index is 766. The maximum absolute atomic E-state index is 12.7. The Morgan fingerprint density at radius 2 is 1.96 bits per heavy atom. The molecule has 0 unspecified atom stereocenters. The molecule has 0 aliphatic rings. The number of nitrogens with zero attached hydrogens (tertiary/aromatic N) is 4. The van der Waals surface area contributed by atoms with Gasteiger partial charge in [0.05, 0.1) is 15.5 Å². The zero-order chi connectivity index (χ0) is 17.0. The second-order valence-corrected chi connectivity index (χ2v) is 7.09. The Morgan fingerprint density at radius 1 is 1.30 bits per heavy atom. The van der Waals surface area contributed by atoms with E-state index in [1.807, 2.05) is 13.8 Å². The van der Waals surface area contributed by atoms with Crippen molar-refractivity contribution < 1.29 is 13.2 Å². The van der Waals surface area contributed by atoms with Crippen LogP contribution in [-0.2, 0) is 6.18 Å². The first kappa shape index (κ1) is 17.7. The molecule has 23 heavy (non-hydrogen) atoms. The van der Waals surface area contributed by atoms with Crippen molar-refractivity contribution >= 4 is 34.7 Å². The smallest absolute Gasteiger partial charge is 0.228 e. The largest absolute Gasteiger partial charge is 0.435 e. The molecule has 2 aromatic heterocycles. The van der Waals surface area contributed by atoms with E-state index >= 15 is 0 Å². The number of halogens is 3. The molecule has 0 N–H and O–H groups in total. The maximum Gasteiger partial charge on any atom is 0.435 e. The molecule has 2 aromatic rings. The van der Waals surface area contributed by atoms with Gasteiger partial charge in [-0.25, -0.2) is 9.50 Å². The summed E-state index contributed by atoms with van der Waals surface area (Å²) in [6.45, 7) is 3.94. The van der Waals surface area contributed by atoms with Crippen molar-refractivity contribution in [3.8, 4) is 6.07 Å². The summed E-state index contributed by atoms with van der Waals surface area (Å²) in [5.41, 5.74) is -0.216. The van der Waals surface area contributed by atoms with Crippen molar-refractivity contribution in [1.29, 1.82) is 5.26 Å². The third-order valence-electron chi connectivity index (χ3n) is 2.74. The van der Waals surface area contributed by atoms with Gasteiger partial charge >= 0.3 is 6.18 Å². The van der Waals surface area contributed by atoms with Crippen LogP contribution in [0.15, 0.2) is 22.6 Å². The van der Waals surface area contributed by atoms with Gasteiger partial charge in [-0.3, -0.25) is 0 Å². The van der Waals surface area contributed by atoms with E-state index in [9.17, 15) is 18.4 Å². The van der Waals surface area contributed by atoms with Gasteiger partial charge in [0.25, 0.3) is 0 Å². The van der Waals surface area contributed by atoms with Crippen molar-refractivity contribution in [2.45, 2.75) is 20.0 Å². The fourth-order valence-corrected chi connectivity index (χ4v) is 3.97. The molecule has 0 aliphatic heterocycles. The minimum Gasteiger partial charge on any atom is -0.228 e. The van der Waals surface area contributed by atoms with Gasteiger partial charge in [0.1, 0.15) is 6.07 Å². The lowest BCUT2D eigenvalue weighted by molar-refractivity contribution is -0.141. The van der Waals surface area contributed by atoms with E-state index in [-0.39, 0.29) is 5.65 Å². The Balaban J connectivity index is 2.53. The van der Waals surface area contributed by atoms with Gasteiger partial charge in [-0.1, -0.05) is 13.8 Å². The number of hydrogen-bond acceptors (Lipinski definition) is 5. The SMILES string of the molecule is CCSC(SCC)=C(C#N)c1ccn2nc(C(F)(F)F)cc2n1. The first-order valence-corrected chi connectivity index (χ1v) is 8.71. The van der Waals surface area contributed by atoms with E-state index in [1.165, 1.54) is 35.8 Å². The van der Waals surface area contributed by atoms with Crippen LogP contribution < -0.4 is 0 Å². The molecule has 0 saturated heterocycles. The Hall–Kier alpha value is -1.66. The number of rotatable bonds is 5. The molecule has 4 nitrogen and oxygen atoms in total. The Morgan fingerprint density at radius 3 is 2.48 bits per heavy atom. The Kier molecular flexibility index (Phi) is 5.59. The third-order valence-corrected chi connectivity index (χ3v) is 4.96. The molecule has 0 atom stereocenters. The van der Waals surface area contributed by atoms with Crippen LogP contribution >= 0.6 is 23.5 Å². The lowest BCUT2D eigenvalue weighted by Gasteiger charge is -2.07. The molecule has 0 bridgehead atoms. The molecule has 122 valence electrons. The molecule has 0 amide bonds. The number of fused-ring (bicyclic) bond motifs is 1. The second-order valence-electron chi connectivity index (χ2n) is 4.28. The second kappa shape index (κ2) is 7.27. The molecule has 2 rings (SSSR count). The van der Waals surface area contributed by atoms with Crippen molar-refractivity contribution in [1.82, 2.24) is 14.6 Å². The maximum atomic E-state index is 12.7. The van der Waals surface area contributed by atoms with E-state index in [4.69, 9.17) is 0 Å². The van der Waals surface area contributed by atoms with Gasteiger partial charge < -0.3 is 0 Å². The molecular formula is C14H13F3N4S2. The fourth-order valence-electron chi connectivity index (χ4n) is 1.81. The minimum atomic E-state index is -4.52. The van der Waals surface area contributed by atoms with Gasteiger partial charge in [0.2, 0.25) is 0 Å². The highest BCUT2D eigenvalue weighted by Gasteiger charge is 2.34. The van der Waals surface area contributed by atoms with Crippen LogP contribution in [0.5, 0.6) is 0 Å². The molecule has 0 saturated carbocycles. The van der Waals surface area contributed by atoms with Gasteiger partial charge in [0, 0.05) is 12.3 Å². The van der Waals surface area contributed by atoms with E-state index in [0.29, 0.717) is 11.3 Å². The highest BCUT2D eigenvalue weighted by molar-refractivity contribution is 8.22. The molecule has 0 fully saturated rings. The highest BCUT2D eigenvalue weighted by Crippen LogP contribution is 2.35. The summed E-state index contributed by atoms with van der Waals surface area (Å²) < 4.78 is 40.0. The predicted molar refractivity (Wildman–Crippen MR) is 86.8 cm³/mol. The van der Waals surface area contributed by atoms with Crippen molar-refractivity contribution in [2.75, 3.05) is 11.5 Å². The number of alkyl halides is 3.